The predicted molar refractivity (Wildman–Crippen MR) is 72.5 cm³/mol. The Morgan fingerprint density at radius 2 is 2.35 bits per heavy atom. The van der Waals surface area contributed by atoms with E-state index >= 15 is 0 Å². The Labute approximate surface area is 109 Å². The van der Waals surface area contributed by atoms with Crippen LogP contribution >= 0.6 is 23.4 Å². The second-order valence-corrected chi connectivity index (χ2v) is 5.16. The highest BCUT2D eigenvalue weighted by Crippen LogP contribution is 2.21. The van der Waals surface area contributed by atoms with Crippen LogP contribution in [0.3, 0.4) is 0 Å². The lowest BCUT2D eigenvalue weighted by Crippen LogP contribution is -2.15. The number of nitrogens with zero attached hydrogens (tertiary/aromatic N) is 3. The minimum Gasteiger partial charge on any atom is -0.384 e. The van der Waals surface area contributed by atoms with Gasteiger partial charge in [0.2, 0.25) is 0 Å². The lowest BCUT2D eigenvalue weighted by molar-refractivity contribution is 0.774. The maximum Gasteiger partial charge on any atom is 0.191 e. The fourth-order valence-corrected chi connectivity index (χ4v) is 2.68. The Hall–Kier alpha value is -1.07. The Balaban J connectivity index is 2.02. The molecule has 1 aromatic rings. The highest BCUT2D eigenvalue weighted by molar-refractivity contribution is 7.99. The maximum atomic E-state index is 5.81. The number of aromatic nitrogens is 2. The number of aliphatic imine (C=N–C) groups is 1. The molecule has 0 aliphatic carbocycles. The Morgan fingerprint density at radius 3 is 3.06 bits per heavy atom. The van der Waals surface area contributed by atoms with E-state index in [-0.39, 0.29) is 0 Å². The summed E-state index contributed by atoms with van der Waals surface area (Å²) in [6.07, 6.45) is 4.97. The summed E-state index contributed by atoms with van der Waals surface area (Å²) in [5, 5.41) is 0.970. The molecule has 6 heteroatoms. The van der Waals surface area contributed by atoms with Crippen LogP contribution in [0.25, 0.3) is 0 Å². The first-order chi connectivity index (χ1) is 8.15. The van der Waals surface area contributed by atoms with E-state index < -0.39 is 0 Å². The maximum absolute atomic E-state index is 5.81. The molecule has 90 valence electrons. The first-order valence-electron chi connectivity index (χ1n) is 5.29. The molecule has 0 amide bonds. The summed E-state index contributed by atoms with van der Waals surface area (Å²) in [5.41, 5.74) is 6.76. The van der Waals surface area contributed by atoms with Crippen molar-refractivity contribution in [1.29, 1.82) is 0 Å². The van der Waals surface area contributed by atoms with Gasteiger partial charge in [-0.25, -0.2) is 9.97 Å². The number of hydrogen-bond acceptors (Lipinski definition) is 5. The number of thioether (sulfide) groups is 1. The van der Waals surface area contributed by atoms with Crippen LogP contribution in [0.5, 0.6) is 0 Å². The summed E-state index contributed by atoms with van der Waals surface area (Å²) < 4.78 is 0. The van der Waals surface area contributed by atoms with E-state index in [2.05, 4.69) is 28.0 Å². The van der Waals surface area contributed by atoms with Crippen molar-refractivity contribution < 1.29 is 0 Å². The first kappa shape index (κ1) is 12.4. The van der Waals surface area contributed by atoms with E-state index in [0.29, 0.717) is 22.0 Å². The van der Waals surface area contributed by atoms with E-state index in [1.807, 2.05) is 6.20 Å². The summed E-state index contributed by atoms with van der Waals surface area (Å²) in [6.45, 7) is 2.16. The van der Waals surface area contributed by atoms with Crippen LogP contribution in [0.4, 0.5) is 5.82 Å². The molecule has 0 aromatic carbocycles. The number of nitrogen functional groups attached to an aromatic ring is 1. The highest BCUT2D eigenvalue weighted by Gasteiger charge is 2.13. The Morgan fingerprint density at radius 1 is 1.53 bits per heavy atom. The molecule has 0 fully saturated rings. The molecule has 1 atom stereocenters. The first-order valence-corrected chi connectivity index (χ1v) is 6.66. The third-order valence-electron chi connectivity index (χ3n) is 2.45. The van der Waals surface area contributed by atoms with E-state index in [1.165, 1.54) is 17.8 Å². The van der Waals surface area contributed by atoms with E-state index in [1.54, 1.807) is 0 Å². The van der Waals surface area contributed by atoms with E-state index in [4.69, 9.17) is 17.3 Å². The van der Waals surface area contributed by atoms with Gasteiger partial charge < -0.3 is 5.73 Å². The molecular formula is C11H13ClN4S. The van der Waals surface area contributed by atoms with Gasteiger partial charge in [-0.3, -0.25) is 4.99 Å². The zero-order valence-electron chi connectivity index (χ0n) is 9.43. The summed E-state index contributed by atoms with van der Waals surface area (Å²) in [7, 11) is 0. The quantitative estimate of drug-likeness (QED) is 0.520. The van der Waals surface area contributed by atoms with Gasteiger partial charge in [-0.15, -0.1) is 0 Å². The molecule has 0 saturated heterocycles. The van der Waals surface area contributed by atoms with Gasteiger partial charge in [-0.2, -0.15) is 0 Å². The molecule has 1 aliphatic heterocycles. The lowest BCUT2D eigenvalue weighted by atomic mass is 10.0. The van der Waals surface area contributed by atoms with Gasteiger partial charge in [0, 0.05) is 23.7 Å². The minimum atomic E-state index is 0.374. The molecule has 1 unspecified atom stereocenters. The number of anilines is 1. The van der Waals surface area contributed by atoms with Gasteiger partial charge in [0.05, 0.1) is 0 Å². The lowest BCUT2D eigenvalue weighted by Gasteiger charge is -2.14. The largest absolute Gasteiger partial charge is 0.384 e. The summed E-state index contributed by atoms with van der Waals surface area (Å²) in [6, 6.07) is 1.54. The van der Waals surface area contributed by atoms with Crippen LogP contribution in [0, 0.1) is 5.92 Å². The van der Waals surface area contributed by atoms with Gasteiger partial charge in [0.1, 0.15) is 11.0 Å². The molecule has 0 bridgehead atoms. The molecule has 0 radical (unpaired) electrons. The summed E-state index contributed by atoms with van der Waals surface area (Å²) >= 11 is 7.32. The minimum absolute atomic E-state index is 0.374. The fraction of sp³-hybridized carbons (Fsp3) is 0.364. The average Bonchev–Trinajstić information content (AvgIpc) is 2.27. The second kappa shape index (κ2) is 5.51. The van der Waals surface area contributed by atoms with Crippen molar-refractivity contribution in [1.82, 2.24) is 9.97 Å². The van der Waals surface area contributed by atoms with E-state index in [0.717, 1.165) is 17.9 Å². The van der Waals surface area contributed by atoms with Crippen LogP contribution in [-0.2, 0) is 0 Å². The molecule has 0 saturated carbocycles. The standard InChI is InChI=1S/C11H13ClN4S/c1-7-3-2-4-14-8(7)6-17-11-15-9(12)5-10(13)16-11/h2,4-5,7H,3,6H2,1H3,(H2,13,15,16). The molecule has 1 aliphatic rings. The van der Waals surface area contributed by atoms with Crippen molar-refractivity contribution in [2.24, 2.45) is 10.9 Å². The highest BCUT2D eigenvalue weighted by atomic mass is 35.5. The number of allylic oxidation sites excluding steroid dienone is 1. The monoisotopic (exact) mass is 268 g/mol. The zero-order chi connectivity index (χ0) is 12.3. The van der Waals surface area contributed by atoms with Crippen LogP contribution in [-0.4, -0.2) is 21.4 Å². The third kappa shape index (κ3) is 3.44. The van der Waals surface area contributed by atoms with Crippen molar-refractivity contribution in [3.63, 3.8) is 0 Å². The fourth-order valence-electron chi connectivity index (χ4n) is 1.47. The van der Waals surface area contributed by atoms with Crippen molar-refractivity contribution in [2.75, 3.05) is 11.5 Å². The average molecular weight is 269 g/mol. The van der Waals surface area contributed by atoms with Gasteiger partial charge in [0.25, 0.3) is 0 Å². The molecule has 17 heavy (non-hydrogen) atoms. The molecule has 2 heterocycles. The zero-order valence-corrected chi connectivity index (χ0v) is 11.0. The Bertz CT molecular complexity index is 452. The van der Waals surface area contributed by atoms with Crippen molar-refractivity contribution in [3.05, 3.63) is 23.5 Å². The smallest absolute Gasteiger partial charge is 0.191 e. The van der Waals surface area contributed by atoms with Crippen molar-refractivity contribution in [3.8, 4) is 0 Å². The topological polar surface area (TPSA) is 64.2 Å². The Kier molecular flexibility index (Phi) is 4.02. The van der Waals surface area contributed by atoms with Gasteiger partial charge in [-0.1, -0.05) is 36.4 Å². The van der Waals surface area contributed by atoms with Gasteiger partial charge in [0.15, 0.2) is 5.16 Å². The molecule has 0 spiro atoms. The van der Waals surface area contributed by atoms with Gasteiger partial charge in [-0.05, 0) is 12.3 Å². The van der Waals surface area contributed by atoms with Crippen LogP contribution in [0.2, 0.25) is 5.15 Å². The molecule has 1 aromatic heterocycles. The summed E-state index contributed by atoms with van der Waals surface area (Å²) in [4.78, 5) is 12.6. The van der Waals surface area contributed by atoms with E-state index in [9.17, 15) is 0 Å². The predicted octanol–water partition coefficient (Wildman–Crippen LogP) is 2.80. The molecule has 2 rings (SSSR count). The van der Waals surface area contributed by atoms with Crippen molar-refractivity contribution >= 4 is 34.9 Å². The number of rotatable bonds is 3. The number of nitrogens with two attached hydrogens (primary N) is 1. The molecule has 2 N–H and O–H groups in total. The number of halogens is 1. The van der Waals surface area contributed by atoms with Crippen LogP contribution < -0.4 is 5.73 Å². The molecule has 4 nitrogen and oxygen atoms in total. The third-order valence-corrected chi connectivity index (χ3v) is 3.52. The van der Waals surface area contributed by atoms with Gasteiger partial charge >= 0.3 is 0 Å². The normalized spacial score (nSPS) is 19.2. The van der Waals surface area contributed by atoms with Crippen LogP contribution in [0.15, 0.2) is 28.5 Å². The second-order valence-electron chi connectivity index (χ2n) is 3.83. The SMILES string of the molecule is CC1CC=CN=C1CSc1nc(N)cc(Cl)n1. The molecular weight excluding hydrogens is 256 g/mol. The van der Waals surface area contributed by atoms with Crippen LogP contribution in [0.1, 0.15) is 13.3 Å². The van der Waals surface area contributed by atoms with Crippen molar-refractivity contribution in [2.45, 2.75) is 18.5 Å². The summed E-state index contributed by atoms with van der Waals surface area (Å²) in [5.74, 6) is 1.64. The number of hydrogen-bond donors (Lipinski definition) is 1.